The monoisotopic (exact) mass is 264 g/mol. The average Bonchev–Trinajstić information content (AvgIpc) is 2.95. The summed E-state index contributed by atoms with van der Waals surface area (Å²) >= 11 is 1.74. The number of hydrogen-bond acceptors (Lipinski definition) is 4. The molecule has 0 radical (unpaired) electrons. The summed E-state index contributed by atoms with van der Waals surface area (Å²) in [6, 6.07) is 0. The zero-order chi connectivity index (χ0) is 12.8. The molecule has 0 bridgehead atoms. The minimum absolute atomic E-state index is 0.831. The third-order valence-corrected chi connectivity index (χ3v) is 3.76. The molecule has 1 N–H and O–H groups in total. The summed E-state index contributed by atoms with van der Waals surface area (Å²) in [4.78, 5) is 8.82. The Kier molecular flexibility index (Phi) is 4.90. The van der Waals surface area contributed by atoms with Crippen LogP contribution in [0.5, 0.6) is 0 Å². The Labute approximate surface area is 112 Å². The van der Waals surface area contributed by atoms with Gasteiger partial charge in [-0.05, 0) is 13.3 Å². The van der Waals surface area contributed by atoms with Crippen molar-refractivity contribution in [2.75, 3.05) is 6.54 Å². The highest BCUT2D eigenvalue weighted by Crippen LogP contribution is 2.08. The number of hydrogen-bond donors (Lipinski definition) is 1. The second-order valence-electron chi connectivity index (χ2n) is 4.35. The molecular weight excluding hydrogens is 244 g/mol. The van der Waals surface area contributed by atoms with E-state index in [1.165, 1.54) is 5.01 Å². The topological polar surface area (TPSA) is 42.7 Å². The van der Waals surface area contributed by atoms with Gasteiger partial charge in [-0.15, -0.1) is 11.3 Å². The highest BCUT2D eigenvalue weighted by molar-refractivity contribution is 7.09. The van der Waals surface area contributed by atoms with Crippen molar-refractivity contribution in [1.29, 1.82) is 0 Å². The van der Waals surface area contributed by atoms with E-state index < -0.39 is 0 Å². The van der Waals surface area contributed by atoms with Crippen LogP contribution in [-0.4, -0.2) is 21.1 Å². The van der Waals surface area contributed by atoms with Crippen molar-refractivity contribution < 1.29 is 0 Å². The number of aromatic nitrogens is 3. The molecule has 18 heavy (non-hydrogen) atoms. The molecule has 5 heteroatoms. The molecule has 98 valence electrons. The molecule has 0 fully saturated rings. The molecule has 0 aliphatic heterocycles. The van der Waals surface area contributed by atoms with E-state index in [2.05, 4.69) is 32.2 Å². The smallest absolute Gasteiger partial charge is 0.122 e. The van der Waals surface area contributed by atoms with Crippen molar-refractivity contribution in [3.8, 4) is 0 Å². The first-order chi connectivity index (χ1) is 8.79. The van der Waals surface area contributed by atoms with E-state index in [0.29, 0.717) is 0 Å². The Bertz CT molecular complexity index is 475. The molecule has 2 aromatic heterocycles. The molecule has 2 aromatic rings. The predicted octanol–water partition coefficient (Wildman–Crippen LogP) is 2.39. The van der Waals surface area contributed by atoms with Gasteiger partial charge in [-0.2, -0.15) is 0 Å². The maximum atomic E-state index is 4.45. The van der Waals surface area contributed by atoms with Gasteiger partial charge >= 0.3 is 0 Å². The fourth-order valence-electron chi connectivity index (χ4n) is 1.86. The van der Waals surface area contributed by atoms with Crippen molar-refractivity contribution in [3.63, 3.8) is 0 Å². The Hall–Kier alpha value is -1.20. The Balaban J connectivity index is 1.73. The summed E-state index contributed by atoms with van der Waals surface area (Å²) in [6.45, 7) is 7.04. The molecule has 0 unspecified atom stereocenters. The lowest BCUT2D eigenvalue weighted by Crippen LogP contribution is -2.19. The minimum Gasteiger partial charge on any atom is -0.334 e. The molecule has 0 aromatic carbocycles. The summed E-state index contributed by atoms with van der Waals surface area (Å²) in [5.74, 6) is 1.12. The van der Waals surface area contributed by atoms with Gasteiger partial charge in [-0.3, -0.25) is 0 Å². The standard InChI is InChI=1S/C13H20N4S/c1-3-7-17-8-6-15-12(17)9-14-5-4-13-16-11(2)10-18-13/h6,8,10,14H,3-5,7,9H2,1-2H3. The number of rotatable bonds is 7. The van der Waals surface area contributed by atoms with Crippen molar-refractivity contribution in [2.24, 2.45) is 0 Å². The lowest BCUT2D eigenvalue weighted by molar-refractivity contribution is 0.589. The molecule has 0 amide bonds. The fourth-order valence-corrected chi connectivity index (χ4v) is 2.64. The van der Waals surface area contributed by atoms with Gasteiger partial charge in [0.15, 0.2) is 0 Å². The first-order valence-electron chi connectivity index (χ1n) is 6.41. The summed E-state index contributed by atoms with van der Waals surface area (Å²) in [5, 5.41) is 6.73. The molecule has 0 spiro atoms. The fraction of sp³-hybridized carbons (Fsp3) is 0.538. The quantitative estimate of drug-likeness (QED) is 0.781. The third-order valence-electron chi connectivity index (χ3n) is 2.73. The van der Waals surface area contributed by atoms with Crippen LogP contribution in [0.25, 0.3) is 0 Å². The zero-order valence-electron chi connectivity index (χ0n) is 11.0. The summed E-state index contributed by atoms with van der Waals surface area (Å²) < 4.78 is 2.21. The van der Waals surface area contributed by atoms with Crippen LogP contribution in [0, 0.1) is 6.92 Å². The molecule has 0 saturated heterocycles. The molecule has 2 rings (SSSR count). The lowest BCUT2D eigenvalue weighted by Gasteiger charge is -2.07. The summed E-state index contributed by atoms with van der Waals surface area (Å²) in [7, 11) is 0. The Morgan fingerprint density at radius 3 is 3.06 bits per heavy atom. The van der Waals surface area contributed by atoms with Crippen LogP contribution in [0.15, 0.2) is 17.8 Å². The van der Waals surface area contributed by atoms with Crippen LogP contribution in [0.1, 0.15) is 29.9 Å². The lowest BCUT2D eigenvalue weighted by atomic mass is 10.4. The van der Waals surface area contributed by atoms with Crippen molar-refractivity contribution in [2.45, 2.75) is 39.8 Å². The molecule has 0 aliphatic rings. The van der Waals surface area contributed by atoms with E-state index in [1.807, 2.05) is 19.3 Å². The maximum Gasteiger partial charge on any atom is 0.122 e. The number of nitrogens with zero attached hydrogens (tertiary/aromatic N) is 3. The molecule has 2 heterocycles. The Morgan fingerprint density at radius 2 is 2.33 bits per heavy atom. The van der Waals surface area contributed by atoms with Gasteiger partial charge < -0.3 is 9.88 Å². The van der Waals surface area contributed by atoms with Gasteiger partial charge in [-0.25, -0.2) is 9.97 Å². The minimum atomic E-state index is 0.831. The van der Waals surface area contributed by atoms with E-state index in [-0.39, 0.29) is 0 Å². The molecular formula is C13H20N4S. The van der Waals surface area contributed by atoms with E-state index in [1.54, 1.807) is 11.3 Å². The van der Waals surface area contributed by atoms with Gasteiger partial charge in [-0.1, -0.05) is 6.92 Å². The highest BCUT2D eigenvalue weighted by atomic mass is 32.1. The van der Waals surface area contributed by atoms with Crippen molar-refractivity contribution >= 4 is 11.3 Å². The number of aryl methyl sites for hydroxylation is 2. The van der Waals surface area contributed by atoms with Crippen LogP contribution in [0.4, 0.5) is 0 Å². The summed E-state index contributed by atoms with van der Waals surface area (Å²) in [6.07, 6.45) is 6.05. The normalized spacial score (nSPS) is 11.0. The van der Waals surface area contributed by atoms with Crippen LogP contribution < -0.4 is 5.32 Å². The number of nitrogens with one attached hydrogen (secondary N) is 1. The first kappa shape index (κ1) is 13.2. The van der Waals surface area contributed by atoms with E-state index in [0.717, 1.165) is 44.0 Å². The molecule has 4 nitrogen and oxygen atoms in total. The van der Waals surface area contributed by atoms with E-state index >= 15 is 0 Å². The highest BCUT2D eigenvalue weighted by Gasteiger charge is 2.02. The number of thiazole rings is 1. The van der Waals surface area contributed by atoms with Crippen LogP contribution in [0.3, 0.4) is 0 Å². The van der Waals surface area contributed by atoms with Crippen molar-refractivity contribution in [3.05, 3.63) is 34.3 Å². The van der Waals surface area contributed by atoms with Crippen LogP contribution in [0.2, 0.25) is 0 Å². The van der Waals surface area contributed by atoms with Gasteiger partial charge in [0.25, 0.3) is 0 Å². The third kappa shape index (κ3) is 3.65. The van der Waals surface area contributed by atoms with Gasteiger partial charge in [0, 0.05) is 43.0 Å². The van der Waals surface area contributed by atoms with Crippen molar-refractivity contribution in [1.82, 2.24) is 19.9 Å². The van der Waals surface area contributed by atoms with E-state index in [9.17, 15) is 0 Å². The Morgan fingerprint density at radius 1 is 1.44 bits per heavy atom. The average molecular weight is 264 g/mol. The molecule has 0 aliphatic carbocycles. The number of imidazole rings is 1. The SMILES string of the molecule is CCCn1ccnc1CNCCc1nc(C)cs1. The molecule has 0 atom stereocenters. The first-order valence-corrected chi connectivity index (χ1v) is 7.29. The van der Waals surface area contributed by atoms with Gasteiger partial charge in [0.2, 0.25) is 0 Å². The second kappa shape index (κ2) is 6.66. The zero-order valence-corrected chi connectivity index (χ0v) is 11.8. The van der Waals surface area contributed by atoms with Crippen LogP contribution in [-0.2, 0) is 19.5 Å². The van der Waals surface area contributed by atoms with Gasteiger partial charge in [0.05, 0.1) is 11.6 Å². The molecule has 0 saturated carbocycles. The van der Waals surface area contributed by atoms with Gasteiger partial charge in [0.1, 0.15) is 5.82 Å². The van der Waals surface area contributed by atoms with Crippen LogP contribution >= 0.6 is 11.3 Å². The largest absolute Gasteiger partial charge is 0.334 e. The predicted molar refractivity (Wildman–Crippen MR) is 74.8 cm³/mol. The summed E-state index contributed by atoms with van der Waals surface area (Å²) in [5.41, 5.74) is 1.12. The van der Waals surface area contributed by atoms with E-state index in [4.69, 9.17) is 0 Å². The second-order valence-corrected chi connectivity index (χ2v) is 5.29. The maximum absolute atomic E-state index is 4.45.